The van der Waals surface area contributed by atoms with Crippen molar-refractivity contribution < 1.29 is 0 Å². The summed E-state index contributed by atoms with van der Waals surface area (Å²) in [4.78, 5) is 0. The van der Waals surface area contributed by atoms with Gasteiger partial charge >= 0.3 is 0 Å². The molecule has 1 atom stereocenters. The molecule has 0 aliphatic heterocycles. The van der Waals surface area contributed by atoms with Crippen molar-refractivity contribution in [3.05, 3.63) is 63.2 Å². The monoisotopic (exact) mass is 374 g/mol. The van der Waals surface area contributed by atoms with Crippen molar-refractivity contribution in [2.45, 2.75) is 25.3 Å². The fourth-order valence-corrected chi connectivity index (χ4v) is 4.11. The van der Waals surface area contributed by atoms with Gasteiger partial charge in [0.15, 0.2) is 0 Å². The molecule has 3 aromatic rings. The van der Waals surface area contributed by atoms with Gasteiger partial charge in [0.1, 0.15) is 0 Å². The fraction of sp³-hybridized carbons (Fsp3) is 0.222. The van der Waals surface area contributed by atoms with Crippen LogP contribution in [0.3, 0.4) is 0 Å². The van der Waals surface area contributed by atoms with Crippen LogP contribution in [0.25, 0.3) is 16.6 Å². The highest BCUT2D eigenvalue weighted by Crippen LogP contribution is 2.40. The number of rotatable bonds is 1. The molecule has 0 fully saturated rings. The molecule has 0 spiro atoms. The summed E-state index contributed by atoms with van der Waals surface area (Å²) in [5, 5.41) is 2.03. The van der Waals surface area contributed by atoms with E-state index < -0.39 is 0 Å². The molecule has 0 amide bonds. The highest BCUT2D eigenvalue weighted by molar-refractivity contribution is 9.10. The zero-order valence-electron chi connectivity index (χ0n) is 12.0. The Bertz CT molecular complexity index is 869. The minimum absolute atomic E-state index is 0.0613. The van der Waals surface area contributed by atoms with Crippen molar-refractivity contribution in [2.24, 2.45) is 5.73 Å². The van der Waals surface area contributed by atoms with Crippen LogP contribution >= 0.6 is 27.5 Å². The lowest BCUT2D eigenvalue weighted by molar-refractivity contribution is 0.552. The maximum atomic E-state index is 6.47. The number of hydrogen-bond donors (Lipinski definition) is 1. The first-order valence-electron chi connectivity index (χ1n) is 7.50. The Balaban J connectivity index is 2.14. The number of para-hydroxylation sites is 1. The van der Waals surface area contributed by atoms with E-state index in [1.165, 1.54) is 22.2 Å². The minimum Gasteiger partial charge on any atom is -0.323 e. The third kappa shape index (κ3) is 2.11. The second kappa shape index (κ2) is 5.41. The van der Waals surface area contributed by atoms with Crippen molar-refractivity contribution in [3.63, 3.8) is 0 Å². The van der Waals surface area contributed by atoms with Crippen molar-refractivity contribution in [2.75, 3.05) is 0 Å². The van der Waals surface area contributed by atoms with E-state index in [9.17, 15) is 0 Å². The van der Waals surface area contributed by atoms with Gasteiger partial charge in [0.05, 0.1) is 16.2 Å². The first-order chi connectivity index (χ1) is 10.7. The molecular formula is C18H16BrClN2. The maximum absolute atomic E-state index is 6.47. The Hall–Kier alpha value is -1.29. The van der Waals surface area contributed by atoms with Gasteiger partial charge in [-0.3, -0.25) is 0 Å². The molecule has 2 nitrogen and oxygen atoms in total. The number of hydrogen-bond acceptors (Lipinski definition) is 1. The summed E-state index contributed by atoms with van der Waals surface area (Å²) in [6.45, 7) is 0. The van der Waals surface area contributed by atoms with Gasteiger partial charge < -0.3 is 10.3 Å². The first-order valence-corrected chi connectivity index (χ1v) is 8.67. The van der Waals surface area contributed by atoms with Gasteiger partial charge in [0.25, 0.3) is 0 Å². The minimum atomic E-state index is 0.0613. The summed E-state index contributed by atoms with van der Waals surface area (Å²) in [6.07, 6.45) is 3.24. The number of nitrogens with zero attached hydrogens (tertiary/aromatic N) is 1. The van der Waals surface area contributed by atoms with Crippen LogP contribution in [0.4, 0.5) is 0 Å². The maximum Gasteiger partial charge on any atom is 0.0646 e. The molecule has 0 bridgehead atoms. The van der Waals surface area contributed by atoms with Crippen LogP contribution in [0.1, 0.15) is 30.1 Å². The molecule has 1 heterocycles. The Morgan fingerprint density at radius 1 is 1.18 bits per heavy atom. The summed E-state index contributed by atoms with van der Waals surface area (Å²) in [7, 11) is 0. The summed E-state index contributed by atoms with van der Waals surface area (Å²) in [5.41, 5.74) is 11.2. The van der Waals surface area contributed by atoms with Gasteiger partial charge in [-0.1, -0.05) is 39.7 Å². The number of benzene rings is 2. The molecule has 2 aromatic carbocycles. The third-order valence-corrected chi connectivity index (χ3v) is 5.27. The van der Waals surface area contributed by atoms with Crippen molar-refractivity contribution in [1.82, 2.24) is 4.57 Å². The van der Waals surface area contributed by atoms with Crippen LogP contribution in [0.15, 0.2) is 46.9 Å². The lowest BCUT2D eigenvalue weighted by Gasteiger charge is -2.22. The van der Waals surface area contributed by atoms with Gasteiger partial charge in [0.2, 0.25) is 0 Å². The number of aryl methyl sites for hydroxylation is 1. The molecule has 22 heavy (non-hydrogen) atoms. The average molecular weight is 376 g/mol. The summed E-state index contributed by atoms with van der Waals surface area (Å²) in [6, 6.07) is 14.5. The molecule has 1 aliphatic carbocycles. The molecule has 4 rings (SSSR count). The van der Waals surface area contributed by atoms with Gasteiger partial charge in [-0.05, 0) is 55.2 Å². The smallest absolute Gasteiger partial charge is 0.0646 e. The first kappa shape index (κ1) is 14.3. The van der Waals surface area contributed by atoms with Crippen molar-refractivity contribution >= 4 is 38.4 Å². The second-order valence-corrected chi connectivity index (χ2v) is 7.13. The number of fused-ring (bicyclic) bond motifs is 3. The van der Waals surface area contributed by atoms with E-state index in [4.69, 9.17) is 17.3 Å². The predicted octanol–water partition coefficient (Wildman–Crippen LogP) is 5.38. The third-order valence-electron chi connectivity index (χ3n) is 4.46. The van der Waals surface area contributed by atoms with Gasteiger partial charge in [-0.25, -0.2) is 0 Å². The normalized spacial score (nSPS) is 17.7. The van der Waals surface area contributed by atoms with E-state index in [-0.39, 0.29) is 6.04 Å². The summed E-state index contributed by atoms with van der Waals surface area (Å²) >= 11 is 10.1. The quantitative estimate of drug-likeness (QED) is 0.608. The highest BCUT2D eigenvalue weighted by atomic mass is 79.9. The zero-order chi connectivity index (χ0) is 15.3. The zero-order valence-corrected chi connectivity index (χ0v) is 14.4. The van der Waals surface area contributed by atoms with Crippen LogP contribution in [0.2, 0.25) is 5.02 Å². The standard InChI is InChI=1S/C18H16BrClN2/c19-11-8-9-16-13(10-11)12-4-3-6-15(21)18(12)22(16)17-7-2-1-5-14(17)20/h1-2,5,7-10,15H,3-4,6,21H2. The van der Waals surface area contributed by atoms with Crippen LogP contribution in [0, 0.1) is 0 Å². The second-order valence-electron chi connectivity index (χ2n) is 5.81. The highest BCUT2D eigenvalue weighted by Gasteiger charge is 2.26. The van der Waals surface area contributed by atoms with Crippen LogP contribution < -0.4 is 5.73 Å². The Labute approximate surface area is 143 Å². The van der Waals surface area contributed by atoms with Crippen molar-refractivity contribution in [1.29, 1.82) is 0 Å². The van der Waals surface area contributed by atoms with Gasteiger partial charge in [-0.15, -0.1) is 0 Å². The van der Waals surface area contributed by atoms with E-state index in [2.05, 4.69) is 44.8 Å². The molecule has 0 saturated carbocycles. The molecule has 112 valence electrons. The topological polar surface area (TPSA) is 30.9 Å². The summed E-state index contributed by atoms with van der Waals surface area (Å²) < 4.78 is 3.35. The lowest BCUT2D eigenvalue weighted by atomic mass is 9.92. The van der Waals surface area contributed by atoms with Crippen LogP contribution in [0.5, 0.6) is 0 Å². The number of nitrogens with two attached hydrogens (primary N) is 1. The Morgan fingerprint density at radius 3 is 2.82 bits per heavy atom. The van der Waals surface area contributed by atoms with Crippen LogP contribution in [-0.4, -0.2) is 4.57 Å². The van der Waals surface area contributed by atoms with E-state index in [1.807, 2.05) is 18.2 Å². The Kier molecular flexibility index (Phi) is 3.52. The van der Waals surface area contributed by atoms with E-state index in [0.717, 1.165) is 34.4 Å². The molecule has 1 aromatic heterocycles. The molecule has 0 radical (unpaired) electrons. The molecule has 1 unspecified atom stereocenters. The molecule has 4 heteroatoms. The average Bonchev–Trinajstić information content (AvgIpc) is 2.83. The fourth-order valence-electron chi connectivity index (χ4n) is 3.53. The van der Waals surface area contributed by atoms with E-state index in [1.54, 1.807) is 0 Å². The van der Waals surface area contributed by atoms with Crippen LogP contribution in [-0.2, 0) is 6.42 Å². The SMILES string of the molecule is NC1CCCc2c1n(-c1ccccc1Cl)c1ccc(Br)cc21. The summed E-state index contributed by atoms with van der Waals surface area (Å²) in [5.74, 6) is 0. The molecule has 2 N–H and O–H groups in total. The van der Waals surface area contributed by atoms with Gasteiger partial charge in [-0.2, -0.15) is 0 Å². The van der Waals surface area contributed by atoms with Gasteiger partial charge in [0, 0.05) is 21.6 Å². The number of halogens is 2. The molecule has 1 aliphatic rings. The Morgan fingerprint density at radius 2 is 2.00 bits per heavy atom. The number of aromatic nitrogens is 1. The van der Waals surface area contributed by atoms with E-state index in [0.29, 0.717) is 0 Å². The van der Waals surface area contributed by atoms with Crippen molar-refractivity contribution in [3.8, 4) is 5.69 Å². The predicted molar refractivity (Wildman–Crippen MR) is 95.9 cm³/mol. The molecule has 0 saturated heterocycles. The molecular weight excluding hydrogens is 360 g/mol. The van der Waals surface area contributed by atoms with E-state index >= 15 is 0 Å². The largest absolute Gasteiger partial charge is 0.323 e. The lowest BCUT2D eigenvalue weighted by Crippen LogP contribution is -2.20.